The summed E-state index contributed by atoms with van der Waals surface area (Å²) in [7, 11) is 0. The van der Waals surface area contributed by atoms with Crippen molar-refractivity contribution in [3.8, 4) is 0 Å². The van der Waals surface area contributed by atoms with Crippen LogP contribution in [0.3, 0.4) is 0 Å². The Labute approximate surface area is 168 Å². The summed E-state index contributed by atoms with van der Waals surface area (Å²) in [5.41, 5.74) is 3.95. The fourth-order valence-electron chi connectivity index (χ4n) is 6.00. The third-order valence-corrected chi connectivity index (χ3v) is 7.63. The number of aromatic nitrogens is 2. The van der Waals surface area contributed by atoms with Crippen molar-refractivity contribution in [2.24, 2.45) is 5.41 Å². The summed E-state index contributed by atoms with van der Waals surface area (Å²) in [6.45, 7) is 10.2. The Balaban J connectivity index is 1.52. The van der Waals surface area contributed by atoms with Gasteiger partial charge in [-0.15, -0.1) is 13.2 Å². The molecule has 0 amide bonds. The average molecular weight is 381 g/mol. The van der Waals surface area contributed by atoms with E-state index in [9.17, 15) is 0 Å². The van der Waals surface area contributed by atoms with Crippen LogP contribution < -0.4 is 0 Å². The molecule has 1 aromatic heterocycles. The van der Waals surface area contributed by atoms with Gasteiger partial charge in [0.1, 0.15) is 12.2 Å². The van der Waals surface area contributed by atoms with Crippen molar-refractivity contribution in [1.82, 2.24) is 9.78 Å². The van der Waals surface area contributed by atoms with Crippen LogP contribution in [0.15, 0.2) is 37.1 Å². The first kappa shape index (κ1) is 18.4. The molecule has 1 aliphatic heterocycles. The summed E-state index contributed by atoms with van der Waals surface area (Å²) in [6, 6.07) is 0.561. The summed E-state index contributed by atoms with van der Waals surface area (Å²) in [4.78, 5) is 0. The van der Waals surface area contributed by atoms with Gasteiger partial charge in [-0.05, 0) is 43.7 Å². The lowest BCUT2D eigenvalue weighted by atomic mass is 9.62. The molecule has 4 aliphatic rings. The maximum atomic E-state index is 6.57. The number of ether oxygens (including phenoxy) is 2. The molecule has 0 unspecified atom stereocenters. The maximum absolute atomic E-state index is 6.57. The van der Waals surface area contributed by atoms with Gasteiger partial charge in [0.25, 0.3) is 0 Å². The highest BCUT2D eigenvalue weighted by Gasteiger charge is 2.61. The molecular weight excluding hydrogens is 348 g/mol. The quantitative estimate of drug-likeness (QED) is 0.662. The first-order valence-corrected chi connectivity index (χ1v) is 11.0. The molecule has 4 heteroatoms. The van der Waals surface area contributed by atoms with Crippen LogP contribution in [0.1, 0.15) is 75.6 Å². The number of hydrogen-bond acceptors (Lipinski definition) is 3. The van der Waals surface area contributed by atoms with Crippen molar-refractivity contribution in [3.05, 3.63) is 48.3 Å². The Kier molecular flexibility index (Phi) is 4.40. The van der Waals surface area contributed by atoms with Crippen molar-refractivity contribution in [2.45, 2.75) is 88.7 Å². The number of rotatable bonds is 3. The van der Waals surface area contributed by atoms with Crippen LogP contribution in [0, 0.1) is 5.41 Å². The second-order valence-corrected chi connectivity index (χ2v) is 9.21. The van der Waals surface area contributed by atoms with E-state index in [1.165, 1.54) is 48.9 Å². The van der Waals surface area contributed by atoms with E-state index in [1.54, 1.807) is 0 Å². The molecule has 4 nitrogen and oxygen atoms in total. The van der Waals surface area contributed by atoms with Crippen LogP contribution >= 0.6 is 0 Å². The van der Waals surface area contributed by atoms with E-state index in [0.717, 1.165) is 25.7 Å². The summed E-state index contributed by atoms with van der Waals surface area (Å²) in [6.07, 6.45) is 18.5. The summed E-state index contributed by atoms with van der Waals surface area (Å²) >= 11 is 0. The third kappa shape index (κ3) is 2.54. The molecule has 3 aliphatic carbocycles. The van der Waals surface area contributed by atoms with E-state index < -0.39 is 5.79 Å². The van der Waals surface area contributed by atoms with Gasteiger partial charge in [-0.1, -0.05) is 43.9 Å². The number of fused-ring (bicyclic) bond motifs is 3. The molecule has 1 saturated heterocycles. The Bertz CT molecular complexity index is 801. The molecule has 0 N–H and O–H groups in total. The molecule has 2 heterocycles. The summed E-state index contributed by atoms with van der Waals surface area (Å²) in [5, 5.41) is 4.85. The highest BCUT2D eigenvalue weighted by atomic mass is 16.8. The smallest absolute Gasteiger partial charge is 0.179 e. The zero-order valence-electron chi connectivity index (χ0n) is 17.0. The SMILES string of the molecule is C=C[C@H]1OC2(CCCC3=Cc4c(cnn4C4CCCCC4)C[C@@]32C)O[C@@H]1C=C. The monoisotopic (exact) mass is 380 g/mol. The molecule has 3 atom stereocenters. The molecule has 1 aromatic rings. The van der Waals surface area contributed by atoms with Gasteiger partial charge in [0.2, 0.25) is 0 Å². The standard InChI is InChI=1S/C24H32N2O2/c1-4-21-22(5-2)28-24(27-21)13-9-10-18-14-20-17(15-23(18,24)3)16-25-26(20)19-11-7-6-8-12-19/h4-5,14,16,19,21-22H,1-2,6-13,15H2,3H3/t21-,22-,23+/m1/s1. The molecule has 0 radical (unpaired) electrons. The fraction of sp³-hybridized carbons (Fsp3) is 0.625. The van der Waals surface area contributed by atoms with Crippen LogP contribution in [0.2, 0.25) is 0 Å². The van der Waals surface area contributed by atoms with E-state index in [4.69, 9.17) is 14.6 Å². The second-order valence-electron chi connectivity index (χ2n) is 9.21. The Hall–Kier alpha value is -1.65. The fourth-order valence-corrected chi connectivity index (χ4v) is 6.00. The van der Waals surface area contributed by atoms with Crippen molar-refractivity contribution < 1.29 is 9.47 Å². The number of nitrogens with zero attached hydrogens (tertiary/aromatic N) is 2. The predicted octanol–water partition coefficient (Wildman–Crippen LogP) is 5.37. The highest BCUT2D eigenvalue weighted by Crippen LogP contribution is 2.58. The second kappa shape index (κ2) is 6.70. The first-order chi connectivity index (χ1) is 13.6. The zero-order valence-corrected chi connectivity index (χ0v) is 17.0. The van der Waals surface area contributed by atoms with Crippen molar-refractivity contribution in [3.63, 3.8) is 0 Å². The van der Waals surface area contributed by atoms with E-state index in [0.29, 0.717) is 6.04 Å². The van der Waals surface area contributed by atoms with Crippen molar-refractivity contribution in [1.29, 1.82) is 0 Å². The van der Waals surface area contributed by atoms with E-state index in [1.807, 2.05) is 12.2 Å². The zero-order chi connectivity index (χ0) is 19.4. The Morgan fingerprint density at radius 2 is 1.82 bits per heavy atom. The van der Waals surface area contributed by atoms with Gasteiger partial charge in [0.05, 0.1) is 17.9 Å². The molecule has 28 heavy (non-hydrogen) atoms. The van der Waals surface area contributed by atoms with Gasteiger partial charge in [-0.3, -0.25) is 4.68 Å². The van der Waals surface area contributed by atoms with Crippen LogP contribution in [0.4, 0.5) is 0 Å². The minimum atomic E-state index is -0.598. The van der Waals surface area contributed by atoms with E-state index >= 15 is 0 Å². The highest BCUT2D eigenvalue weighted by molar-refractivity contribution is 5.60. The van der Waals surface area contributed by atoms with E-state index in [2.05, 4.69) is 37.0 Å². The first-order valence-electron chi connectivity index (χ1n) is 11.0. The molecule has 1 spiro atoms. The normalized spacial score (nSPS) is 34.5. The molecule has 2 saturated carbocycles. The predicted molar refractivity (Wildman–Crippen MR) is 111 cm³/mol. The Morgan fingerprint density at radius 1 is 1.11 bits per heavy atom. The van der Waals surface area contributed by atoms with Crippen LogP contribution in [0.5, 0.6) is 0 Å². The van der Waals surface area contributed by atoms with Gasteiger partial charge >= 0.3 is 0 Å². The lowest BCUT2D eigenvalue weighted by Gasteiger charge is -2.51. The summed E-state index contributed by atoms with van der Waals surface area (Å²) in [5.74, 6) is -0.598. The molecule has 5 rings (SSSR count). The van der Waals surface area contributed by atoms with Crippen LogP contribution in [-0.2, 0) is 15.9 Å². The minimum absolute atomic E-state index is 0.125. The third-order valence-electron chi connectivity index (χ3n) is 7.63. The molecule has 0 bridgehead atoms. The minimum Gasteiger partial charge on any atom is -0.339 e. The summed E-state index contributed by atoms with van der Waals surface area (Å²) < 4.78 is 15.5. The van der Waals surface area contributed by atoms with E-state index in [-0.39, 0.29) is 17.6 Å². The topological polar surface area (TPSA) is 36.3 Å². The van der Waals surface area contributed by atoms with Gasteiger partial charge in [0.15, 0.2) is 5.79 Å². The van der Waals surface area contributed by atoms with Gasteiger partial charge in [0, 0.05) is 11.8 Å². The maximum Gasteiger partial charge on any atom is 0.179 e. The van der Waals surface area contributed by atoms with Gasteiger partial charge in [-0.25, -0.2) is 0 Å². The molecule has 150 valence electrons. The van der Waals surface area contributed by atoms with Crippen molar-refractivity contribution >= 4 is 6.08 Å². The van der Waals surface area contributed by atoms with Crippen LogP contribution in [0.25, 0.3) is 6.08 Å². The van der Waals surface area contributed by atoms with Crippen molar-refractivity contribution in [2.75, 3.05) is 0 Å². The van der Waals surface area contributed by atoms with Crippen LogP contribution in [-0.4, -0.2) is 27.8 Å². The molecule has 0 aromatic carbocycles. The lowest BCUT2D eigenvalue weighted by Crippen LogP contribution is -2.53. The van der Waals surface area contributed by atoms with Gasteiger partial charge in [-0.2, -0.15) is 5.10 Å². The lowest BCUT2D eigenvalue weighted by molar-refractivity contribution is -0.243. The average Bonchev–Trinajstić information content (AvgIpc) is 3.29. The number of hydrogen-bond donors (Lipinski definition) is 0. The molecular formula is C24H32N2O2. The molecule has 3 fully saturated rings. The van der Waals surface area contributed by atoms with Gasteiger partial charge < -0.3 is 9.47 Å². The largest absolute Gasteiger partial charge is 0.339 e. The Morgan fingerprint density at radius 3 is 2.50 bits per heavy atom.